The second kappa shape index (κ2) is 41.1. The average molecular weight is 871 g/mol. The van der Waals surface area contributed by atoms with E-state index in [-0.39, 0.29) is 25.4 Å². The van der Waals surface area contributed by atoms with E-state index >= 15 is 0 Å². The van der Waals surface area contributed by atoms with Gasteiger partial charge in [0.05, 0.1) is 39.9 Å². The minimum Gasteiger partial charge on any atom is -0.756 e. The van der Waals surface area contributed by atoms with E-state index in [1.807, 2.05) is 21.1 Å². The summed E-state index contributed by atoms with van der Waals surface area (Å²) in [5.74, 6) is -0.331. The van der Waals surface area contributed by atoms with E-state index in [4.69, 9.17) is 9.05 Å². The number of aliphatic hydroxyl groups is 2. The Morgan fingerprint density at radius 1 is 0.607 bits per heavy atom. The van der Waals surface area contributed by atoms with Crippen LogP contribution in [0.2, 0.25) is 0 Å². The number of allylic oxidation sites excluding steroid dienone is 18. The number of aliphatic hydroxyl groups excluding tert-OH is 2. The molecule has 4 unspecified atom stereocenters. The van der Waals surface area contributed by atoms with Crippen LogP contribution >= 0.6 is 7.82 Å². The van der Waals surface area contributed by atoms with Gasteiger partial charge in [-0.05, 0) is 109 Å². The van der Waals surface area contributed by atoms with Gasteiger partial charge in [0.25, 0.3) is 7.82 Å². The normalized spacial score (nSPS) is 15.7. The van der Waals surface area contributed by atoms with Gasteiger partial charge in [0, 0.05) is 6.42 Å². The fraction of sp³-hybridized carbons (Fsp3) is 0.627. The van der Waals surface area contributed by atoms with Crippen molar-refractivity contribution < 1.29 is 38.0 Å². The van der Waals surface area contributed by atoms with Crippen molar-refractivity contribution in [1.82, 2.24) is 5.32 Å². The number of hydrogen-bond donors (Lipinski definition) is 3. The third-order valence-corrected chi connectivity index (χ3v) is 10.5. The molecule has 0 aliphatic carbocycles. The van der Waals surface area contributed by atoms with E-state index < -0.39 is 32.7 Å². The lowest BCUT2D eigenvalue weighted by molar-refractivity contribution is -0.870. The molecule has 0 radical (unpaired) electrons. The number of phosphoric acid groups is 1. The molecule has 1 amide bonds. The maximum absolute atomic E-state index is 12.9. The molecule has 0 heterocycles. The number of likely N-dealkylation sites (N-methyl/N-ethyl adjacent to an activating group) is 1. The predicted molar refractivity (Wildman–Crippen MR) is 257 cm³/mol. The smallest absolute Gasteiger partial charge is 0.268 e. The van der Waals surface area contributed by atoms with E-state index in [1.165, 1.54) is 19.3 Å². The van der Waals surface area contributed by atoms with Crippen molar-refractivity contribution in [1.29, 1.82) is 0 Å². The summed E-state index contributed by atoms with van der Waals surface area (Å²) in [6.07, 6.45) is 55.6. The summed E-state index contributed by atoms with van der Waals surface area (Å²) in [6, 6.07) is -1.12. The van der Waals surface area contributed by atoms with Crippen molar-refractivity contribution in [2.24, 2.45) is 0 Å². The van der Waals surface area contributed by atoms with Crippen LogP contribution in [0.15, 0.2) is 109 Å². The van der Waals surface area contributed by atoms with E-state index in [2.05, 4.69) is 129 Å². The summed E-state index contributed by atoms with van der Waals surface area (Å²) in [5.41, 5.74) is 0. The Kier molecular flexibility index (Phi) is 39.2. The van der Waals surface area contributed by atoms with Crippen molar-refractivity contribution in [3.63, 3.8) is 0 Å². The number of amides is 1. The Hall–Kier alpha value is -2.88. The molecular formula is C51H87N2O7P. The molecule has 4 atom stereocenters. The van der Waals surface area contributed by atoms with Gasteiger partial charge < -0.3 is 34.0 Å². The zero-order valence-electron chi connectivity index (χ0n) is 38.9. The molecule has 0 aromatic heterocycles. The van der Waals surface area contributed by atoms with Crippen molar-refractivity contribution in [2.45, 2.75) is 167 Å². The zero-order chi connectivity index (χ0) is 45.1. The number of hydrogen-bond acceptors (Lipinski definition) is 7. The summed E-state index contributed by atoms with van der Waals surface area (Å²) in [7, 11) is 1.05. The second-order valence-electron chi connectivity index (χ2n) is 16.5. The van der Waals surface area contributed by atoms with Gasteiger partial charge in [0.1, 0.15) is 19.3 Å². The SMILES string of the molecule is CC/C=C\C/C=C\C/C=C\C/C=C\C/C=C\C/C=C\C/C=C\CCCCCC(=O)NC(COP(=O)([O-])OCC[N+](C)(C)C)C(O)C(O)CCC/C=C/CC/C=C/CCCCC. The molecule has 0 aromatic rings. The molecule has 3 N–H and O–H groups in total. The van der Waals surface area contributed by atoms with Crippen molar-refractivity contribution in [3.8, 4) is 0 Å². The van der Waals surface area contributed by atoms with Crippen LogP contribution in [0, 0.1) is 0 Å². The van der Waals surface area contributed by atoms with Crippen molar-refractivity contribution in [2.75, 3.05) is 40.9 Å². The Labute approximate surface area is 373 Å². The van der Waals surface area contributed by atoms with Gasteiger partial charge in [0.2, 0.25) is 5.91 Å². The first-order valence-electron chi connectivity index (χ1n) is 23.3. The lowest BCUT2D eigenvalue weighted by Crippen LogP contribution is -2.51. The first-order chi connectivity index (χ1) is 29.4. The van der Waals surface area contributed by atoms with Crippen LogP contribution in [0.3, 0.4) is 0 Å². The monoisotopic (exact) mass is 871 g/mol. The molecule has 0 spiro atoms. The van der Waals surface area contributed by atoms with Gasteiger partial charge in [0.15, 0.2) is 0 Å². The van der Waals surface area contributed by atoms with Crippen LogP contribution in [0.1, 0.15) is 149 Å². The molecular weight excluding hydrogens is 784 g/mol. The minimum atomic E-state index is -4.70. The standard InChI is InChI=1S/C51H87N2O7P/c1-6-8-10-12-14-16-18-20-21-22-23-24-25-26-27-28-29-30-31-32-34-36-38-40-42-44-50(55)52-48(47-60-61(57,58)59-46-45-53(3,4)5)51(56)49(54)43-41-39-37-35-33-19-17-15-13-11-9-7-2/h8,10,14-17,20-21,23-24,26-27,29-30,32,34-35,37,48-49,51,54,56H,6-7,9,11-13,18-19,22,25,28,31,33,36,38-47H2,1-5H3,(H-,52,55,57,58)/b10-8-,16-14-,17-15+,21-20-,24-23-,27-26-,30-29-,34-32-,37-35+. The minimum absolute atomic E-state index is 0.0626. The molecule has 0 aromatic carbocycles. The molecule has 9 nitrogen and oxygen atoms in total. The van der Waals surface area contributed by atoms with Gasteiger partial charge in [-0.2, -0.15) is 0 Å². The third-order valence-electron chi connectivity index (χ3n) is 9.56. The van der Waals surface area contributed by atoms with E-state index in [9.17, 15) is 24.5 Å². The van der Waals surface area contributed by atoms with Crippen LogP contribution in [-0.2, 0) is 18.4 Å². The van der Waals surface area contributed by atoms with Crippen LogP contribution in [-0.4, -0.2) is 79.8 Å². The van der Waals surface area contributed by atoms with Crippen LogP contribution in [0.5, 0.6) is 0 Å². The molecule has 0 fully saturated rings. The topological polar surface area (TPSA) is 128 Å². The average Bonchev–Trinajstić information content (AvgIpc) is 3.21. The Morgan fingerprint density at radius 2 is 1.05 bits per heavy atom. The van der Waals surface area contributed by atoms with E-state index in [0.29, 0.717) is 23.9 Å². The summed E-state index contributed by atoms with van der Waals surface area (Å²) in [6.45, 7) is 4.20. The number of nitrogens with one attached hydrogen (secondary N) is 1. The zero-order valence-corrected chi connectivity index (χ0v) is 39.8. The summed E-state index contributed by atoms with van der Waals surface area (Å²) in [5, 5.41) is 24.5. The Bertz CT molecular complexity index is 1370. The number of carbonyl (C=O) groups excluding carboxylic acids is 1. The molecule has 348 valence electrons. The lowest BCUT2D eigenvalue weighted by Gasteiger charge is -2.31. The number of rotatable bonds is 40. The molecule has 0 aliphatic rings. The number of carbonyl (C=O) groups is 1. The fourth-order valence-electron chi connectivity index (χ4n) is 5.83. The lowest BCUT2D eigenvalue weighted by atomic mass is 10.0. The molecule has 0 bridgehead atoms. The highest BCUT2D eigenvalue weighted by Crippen LogP contribution is 2.38. The quantitative estimate of drug-likeness (QED) is 0.0242. The van der Waals surface area contributed by atoms with Crippen LogP contribution in [0.25, 0.3) is 0 Å². The van der Waals surface area contributed by atoms with Crippen LogP contribution < -0.4 is 10.2 Å². The van der Waals surface area contributed by atoms with Crippen molar-refractivity contribution >= 4 is 13.7 Å². The van der Waals surface area contributed by atoms with Gasteiger partial charge >= 0.3 is 0 Å². The number of unbranched alkanes of at least 4 members (excludes halogenated alkanes) is 8. The number of quaternary nitrogens is 1. The highest BCUT2D eigenvalue weighted by molar-refractivity contribution is 7.45. The van der Waals surface area contributed by atoms with Gasteiger partial charge in [-0.15, -0.1) is 0 Å². The third kappa shape index (κ3) is 42.2. The molecule has 0 saturated carbocycles. The van der Waals surface area contributed by atoms with Gasteiger partial charge in [-0.25, -0.2) is 0 Å². The highest BCUT2D eigenvalue weighted by atomic mass is 31.2. The summed E-state index contributed by atoms with van der Waals surface area (Å²) in [4.78, 5) is 25.4. The number of nitrogens with zero attached hydrogens (tertiary/aromatic N) is 1. The molecule has 61 heavy (non-hydrogen) atoms. The Balaban J connectivity index is 4.56. The van der Waals surface area contributed by atoms with Gasteiger partial charge in [-0.3, -0.25) is 9.36 Å². The first-order valence-corrected chi connectivity index (χ1v) is 24.8. The molecule has 0 rings (SSSR count). The van der Waals surface area contributed by atoms with E-state index in [0.717, 1.165) is 89.9 Å². The van der Waals surface area contributed by atoms with Crippen molar-refractivity contribution in [3.05, 3.63) is 109 Å². The van der Waals surface area contributed by atoms with Crippen LogP contribution in [0.4, 0.5) is 0 Å². The summed E-state index contributed by atoms with van der Waals surface area (Å²) >= 11 is 0. The molecule has 10 heteroatoms. The maximum Gasteiger partial charge on any atom is 0.268 e. The molecule has 0 aliphatic heterocycles. The Morgan fingerprint density at radius 3 is 1.54 bits per heavy atom. The second-order valence-corrected chi connectivity index (χ2v) is 17.9. The van der Waals surface area contributed by atoms with E-state index in [1.54, 1.807) is 0 Å². The fourth-order valence-corrected chi connectivity index (χ4v) is 6.56. The predicted octanol–water partition coefficient (Wildman–Crippen LogP) is 11.6. The number of phosphoric ester groups is 1. The van der Waals surface area contributed by atoms with Gasteiger partial charge in [-0.1, -0.05) is 142 Å². The maximum atomic E-state index is 12.9. The highest BCUT2D eigenvalue weighted by Gasteiger charge is 2.29. The summed E-state index contributed by atoms with van der Waals surface area (Å²) < 4.78 is 23.1. The molecule has 0 saturated heterocycles. The first kappa shape index (κ1) is 58.1. The largest absolute Gasteiger partial charge is 0.756 e.